The van der Waals surface area contributed by atoms with E-state index < -0.39 is 10.0 Å². The molecule has 0 spiro atoms. The summed E-state index contributed by atoms with van der Waals surface area (Å²) in [6, 6.07) is 16.8. The second-order valence-electron chi connectivity index (χ2n) is 6.63. The number of hydrogen-bond donors (Lipinski definition) is 1. The molecule has 1 aliphatic heterocycles. The molecule has 0 saturated carbocycles. The molecule has 0 radical (unpaired) electrons. The zero-order chi connectivity index (χ0) is 22.2. The van der Waals surface area contributed by atoms with Crippen LogP contribution in [-0.4, -0.2) is 23.5 Å². The second kappa shape index (κ2) is 8.60. The number of primary sulfonamides is 1. The molecule has 1 fully saturated rings. The van der Waals surface area contributed by atoms with Gasteiger partial charge < -0.3 is 4.42 Å². The van der Waals surface area contributed by atoms with Gasteiger partial charge in [0.1, 0.15) is 15.8 Å². The summed E-state index contributed by atoms with van der Waals surface area (Å²) >= 11 is 12.8. The molecule has 1 saturated heterocycles. The predicted octanol–water partition coefficient (Wildman–Crippen LogP) is 4.65. The molecule has 0 unspecified atom stereocenters. The van der Waals surface area contributed by atoms with Gasteiger partial charge in [0.2, 0.25) is 10.0 Å². The van der Waals surface area contributed by atoms with Gasteiger partial charge in [-0.2, -0.15) is 0 Å². The summed E-state index contributed by atoms with van der Waals surface area (Å²) in [7, 11) is -3.76. The molecule has 158 valence electrons. The average Bonchev–Trinajstić information content (AvgIpc) is 3.29. The topological polar surface area (TPSA) is 93.6 Å². The number of hydrogen-bond acceptors (Lipinski definition) is 6. The number of thioether (sulfide) groups is 1. The van der Waals surface area contributed by atoms with Crippen molar-refractivity contribution in [3.63, 3.8) is 0 Å². The van der Waals surface area contributed by atoms with Crippen LogP contribution in [0.5, 0.6) is 0 Å². The Morgan fingerprint density at radius 1 is 1.10 bits per heavy atom. The minimum atomic E-state index is -3.76. The van der Waals surface area contributed by atoms with E-state index in [-0.39, 0.29) is 10.8 Å². The number of carbonyl (C=O) groups is 1. The Hall–Kier alpha value is -2.43. The maximum atomic E-state index is 12.8. The Kier molecular flexibility index (Phi) is 6.05. The first-order chi connectivity index (χ1) is 14.7. The molecule has 2 heterocycles. The highest BCUT2D eigenvalue weighted by Gasteiger charge is 2.32. The summed E-state index contributed by atoms with van der Waals surface area (Å²) in [6.07, 6.45) is 1.63. The van der Waals surface area contributed by atoms with Crippen LogP contribution in [0, 0.1) is 0 Å². The van der Waals surface area contributed by atoms with Crippen LogP contribution in [0.3, 0.4) is 0 Å². The van der Waals surface area contributed by atoms with E-state index in [1.54, 1.807) is 36.4 Å². The quantitative estimate of drug-likeness (QED) is 0.413. The molecule has 31 heavy (non-hydrogen) atoms. The molecule has 3 aromatic rings. The van der Waals surface area contributed by atoms with Crippen molar-refractivity contribution in [3.8, 4) is 11.3 Å². The van der Waals surface area contributed by atoms with Crippen molar-refractivity contribution < 1.29 is 17.6 Å². The van der Waals surface area contributed by atoms with Crippen LogP contribution < -0.4 is 5.14 Å². The van der Waals surface area contributed by atoms with Gasteiger partial charge in [0.25, 0.3) is 5.91 Å². The van der Waals surface area contributed by atoms with Gasteiger partial charge in [-0.05, 0) is 48.0 Å². The maximum absolute atomic E-state index is 12.8. The number of amides is 1. The van der Waals surface area contributed by atoms with Crippen LogP contribution in [0.1, 0.15) is 11.3 Å². The average molecular weight is 491 g/mol. The molecular weight excluding hydrogens is 476 g/mol. The van der Waals surface area contributed by atoms with Gasteiger partial charge in [0, 0.05) is 16.7 Å². The van der Waals surface area contributed by atoms with Crippen LogP contribution in [0.25, 0.3) is 17.4 Å². The molecule has 0 atom stereocenters. The third kappa shape index (κ3) is 4.76. The van der Waals surface area contributed by atoms with E-state index in [1.165, 1.54) is 28.8 Å². The molecule has 10 heteroatoms. The Labute approximate surface area is 193 Å². The molecule has 1 aromatic heterocycles. The van der Waals surface area contributed by atoms with Gasteiger partial charge in [0.15, 0.2) is 0 Å². The van der Waals surface area contributed by atoms with Crippen molar-refractivity contribution in [1.29, 1.82) is 0 Å². The number of rotatable bonds is 5. The minimum absolute atomic E-state index is 0.0187. The van der Waals surface area contributed by atoms with E-state index in [2.05, 4.69) is 0 Å². The van der Waals surface area contributed by atoms with Crippen LogP contribution >= 0.6 is 35.6 Å². The molecule has 0 aliphatic carbocycles. The van der Waals surface area contributed by atoms with Crippen LogP contribution in [0.2, 0.25) is 5.02 Å². The smallest absolute Gasteiger partial charge is 0.266 e. The van der Waals surface area contributed by atoms with E-state index in [0.29, 0.717) is 37.9 Å². The highest BCUT2D eigenvalue weighted by molar-refractivity contribution is 8.26. The third-order valence-corrected chi connectivity index (χ3v) is 7.20. The SMILES string of the molecule is NS(=O)(=O)c1ccc(-c2ccc(/C=C3\SC(=S)N(Cc4ccccc4Cl)C3=O)o2)cc1. The monoisotopic (exact) mass is 490 g/mol. The predicted molar refractivity (Wildman–Crippen MR) is 126 cm³/mol. The number of carbonyl (C=O) groups excluding carboxylic acids is 1. The first-order valence-electron chi connectivity index (χ1n) is 8.94. The molecule has 2 aromatic carbocycles. The van der Waals surface area contributed by atoms with Crippen molar-refractivity contribution in [3.05, 3.63) is 81.9 Å². The lowest BCUT2D eigenvalue weighted by Crippen LogP contribution is -2.27. The summed E-state index contributed by atoms with van der Waals surface area (Å²) in [6.45, 7) is 0.293. The molecule has 1 amide bonds. The first kappa shape index (κ1) is 21.8. The number of nitrogens with two attached hydrogens (primary N) is 1. The van der Waals surface area contributed by atoms with Crippen molar-refractivity contribution in [1.82, 2.24) is 4.90 Å². The minimum Gasteiger partial charge on any atom is -0.457 e. The zero-order valence-corrected chi connectivity index (χ0v) is 19.0. The van der Waals surface area contributed by atoms with Gasteiger partial charge in [0.05, 0.1) is 16.3 Å². The fraction of sp³-hybridized carbons (Fsp3) is 0.0476. The lowest BCUT2D eigenvalue weighted by Gasteiger charge is -2.15. The number of halogens is 1. The van der Waals surface area contributed by atoms with Crippen molar-refractivity contribution >= 4 is 61.9 Å². The standard InChI is InChI=1S/C21H15ClN2O4S3/c22-17-4-2-1-3-14(17)12-24-20(25)19(30-21(24)29)11-15-7-10-18(28-15)13-5-8-16(9-6-13)31(23,26)27/h1-11H,12H2,(H2,23,26,27)/b19-11-. The molecule has 4 rings (SSSR count). The lowest BCUT2D eigenvalue weighted by molar-refractivity contribution is -0.122. The van der Waals surface area contributed by atoms with E-state index in [0.717, 1.165) is 5.56 Å². The van der Waals surface area contributed by atoms with E-state index in [9.17, 15) is 13.2 Å². The second-order valence-corrected chi connectivity index (χ2v) is 10.3. The van der Waals surface area contributed by atoms with E-state index in [4.69, 9.17) is 33.4 Å². The Bertz CT molecular complexity index is 1310. The molecule has 0 bridgehead atoms. The summed E-state index contributed by atoms with van der Waals surface area (Å²) < 4.78 is 29.0. The number of thiocarbonyl (C=S) groups is 1. The Balaban J connectivity index is 1.53. The van der Waals surface area contributed by atoms with Gasteiger partial charge in [-0.3, -0.25) is 9.69 Å². The number of benzene rings is 2. The molecule has 6 nitrogen and oxygen atoms in total. The summed E-state index contributed by atoms with van der Waals surface area (Å²) in [5.41, 5.74) is 1.49. The van der Waals surface area contributed by atoms with E-state index >= 15 is 0 Å². The third-order valence-electron chi connectivity index (χ3n) is 4.53. The van der Waals surface area contributed by atoms with Crippen molar-refractivity contribution in [2.45, 2.75) is 11.4 Å². The number of furan rings is 1. The summed E-state index contributed by atoms with van der Waals surface area (Å²) in [5, 5.41) is 5.69. The zero-order valence-electron chi connectivity index (χ0n) is 15.8. The van der Waals surface area contributed by atoms with Crippen molar-refractivity contribution in [2.75, 3.05) is 0 Å². The van der Waals surface area contributed by atoms with Crippen LogP contribution in [-0.2, 0) is 21.4 Å². The number of sulfonamides is 1. The van der Waals surface area contributed by atoms with Crippen LogP contribution in [0.15, 0.2) is 74.9 Å². The fourth-order valence-electron chi connectivity index (χ4n) is 2.96. The lowest BCUT2D eigenvalue weighted by atomic mass is 10.2. The largest absolute Gasteiger partial charge is 0.457 e. The number of nitrogens with zero attached hydrogens (tertiary/aromatic N) is 1. The highest BCUT2D eigenvalue weighted by atomic mass is 35.5. The molecule has 2 N–H and O–H groups in total. The summed E-state index contributed by atoms with van der Waals surface area (Å²) in [4.78, 5) is 14.8. The molecular formula is C21H15ClN2O4S3. The Morgan fingerprint density at radius 2 is 1.81 bits per heavy atom. The van der Waals surface area contributed by atoms with Gasteiger partial charge in [-0.15, -0.1) is 0 Å². The van der Waals surface area contributed by atoms with Gasteiger partial charge >= 0.3 is 0 Å². The first-order valence-corrected chi connectivity index (χ1v) is 12.1. The molecule has 1 aliphatic rings. The van der Waals surface area contributed by atoms with Gasteiger partial charge in [-0.1, -0.05) is 53.8 Å². The summed E-state index contributed by atoms with van der Waals surface area (Å²) in [5.74, 6) is 0.785. The Morgan fingerprint density at radius 3 is 2.48 bits per heavy atom. The van der Waals surface area contributed by atoms with Gasteiger partial charge in [-0.25, -0.2) is 13.6 Å². The van der Waals surface area contributed by atoms with Crippen molar-refractivity contribution in [2.24, 2.45) is 5.14 Å². The highest BCUT2D eigenvalue weighted by Crippen LogP contribution is 2.35. The maximum Gasteiger partial charge on any atom is 0.266 e. The van der Waals surface area contributed by atoms with E-state index in [1.807, 2.05) is 18.2 Å². The van der Waals surface area contributed by atoms with Crippen LogP contribution in [0.4, 0.5) is 0 Å². The fourth-order valence-corrected chi connectivity index (χ4v) is 4.90. The normalized spacial score (nSPS) is 15.8.